The topological polar surface area (TPSA) is 49.4 Å². The van der Waals surface area contributed by atoms with Crippen LogP contribution in [0.5, 0.6) is 0 Å². The van der Waals surface area contributed by atoms with Gasteiger partial charge in [-0.05, 0) is 37.1 Å². The maximum absolute atomic E-state index is 12.8. The van der Waals surface area contributed by atoms with Crippen molar-refractivity contribution in [1.82, 2.24) is 10.2 Å². The Labute approximate surface area is 143 Å². The summed E-state index contributed by atoms with van der Waals surface area (Å²) in [7, 11) is 0. The van der Waals surface area contributed by atoms with E-state index in [1.165, 1.54) is 4.90 Å². The predicted molar refractivity (Wildman–Crippen MR) is 91.8 cm³/mol. The van der Waals surface area contributed by atoms with Gasteiger partial charge in [-0.3, -0.25) is 9.69 Å². The zero-order valence-corrected chi connectivity index (χ0v) is 14.6. The molecule has 0 saturated carbocycles. The molecule has 1 heterocycles. The monoisotopic (exact) mass is 372 g/mol. The van der Waals surface area contributed by atoms with E-state index in [1.807, 2.05) is 55.5 Å². The second kappa shape index (κ2) is 5.81. The van der Waals surface area contributed by atoms with Gasteiger partial charge in [-0.1, -0.05) is 57.9 Å². The van der Waals surface area contributed by atoms with Gasteiger partial charge in [0, 0.05) is 4.47 Å². The Morgan fingerprint density at radius 2 is 1.65 bits per heavy atom. The molecule has 23 heavy (non-hydrogen) atoms. The van der Waals surface area contributed by atoms with Crippen molar-refractivity contribution in [2.24, 2.45) is 0 Å². The highest BCUT2D eigenvalue weighted by Gasteiger charge is 2.48. The van der Waals surface area contributed by atoms with Crippen molar-refractivity contribution in [1.29, 1.82) is 0 Å². The van der Waals surface area contributed by atoms with Crippen molar-refractivity contribution < 1.29 is 9.59 Å². The minimum atomic E-state index is -1.03. The first kappa shape index (κ1) is 15.7. The van der Waals surface area contributed by atoms with Gasteiger partial charge >= 0.3 is 6.03 Å². The molecule has 0 aromatic heterocycles. The van der Waals surface area contributed by atoms with Crippen LogP contribution in [0.4, 0.5) is 4.79 Å². The average Bonchev–Trinajstić information content (AvgIpc) is 2.74. The van der Waals surface area contributed by atoms with Gasteiger partial charge in [0.05, 0.1) is 6.54 Å². The van der Waals surface area contributed by atoms with E-state index in [4.69, 9.17) is 0 Å². The van der Waals surface area contributed by atoms with Crippen molar-refractivity contribution in [3.8, 4) is 0 Å². The fourth-order valence-electron chi connectivity index (χ4n) is 2.70. The van der Waals surface area contributed by atoms with Crippen LogP contribution in [-0.4, -0.2) is 16.8 Å². The highest BCUT2D eigenvalue weighted by atomic mass is 79.9. The van der Waals surface area contributed by atoms with Crippen LogP contribution in [0.2, 0.25) is 0 Å². The van der Waals surface area contributed by atoms with E-state index >= 15 is 0 Å². The van der Waals surface area contributed by atoms with Gasteiger partial charge in [-0.15, -0.1) is 0 Å². The molecular formula is C18H17BrN2O2. The zero-order chi connectivity index (χ0) is 16.6. The van der Waals surface area contributed by atoms with Crippen LogP contribution in [-0.2, 0) is 16.9 Å². The number of nitrogens with zero attached hydrogens (tertiary/aromatic N) is 1. The van der Waals surface area contributed by atoms with Crippen LogP contribution in [0, 0.1) is 6.92 Å². The van der Waals surface area contributed by atoms with Crippen LogP contribution in [0.1, 0.15) is 23.6 Å². The largest absolute Gasteiger partial charge is 0.325 e. The maximum atomic E-state index is 12.8. The lowest BCUT2D eigenvalue weighted by Crippen LogP contribution is -2.40. The Kier molecular flexibility index (Phi) is 3.98. The third-order valence-corrected chi connectivity index (χ3v) is 4.69. The lowest BCUT2D eigenvalue weighted by molar-refractivity contribution is -0.131. The summed E-state index contributed by atoms with van der Waals surface area (Å²) in [5.74, 6) is -0.231. The van der Waals surface area contributed by atoms with Gasteiger partial charge in [0.1, 0.15) is 5.54 Å². The number of rotatable bonds is 3. The number of amides is 3. The van der Waals surface area contributed by atoms with Crippen molar-refractivity contribution >= 4 is 27.9 Å². The van der Waals surface area contributed by atoms with Crippen molar-refractivity contribution in [2.75, 3.05) is 0 Å². The van der Waals surface area contributed by atoms with E-state index in [9.17, 15) is 9.59 Å². The van der Waals surface area contributed by atoms with Gasteiger partial charge in [-0.25, -0.2) is 4.79 Å². The number of aryl methyl sites for hydroxylation is 1. The Hall–Kier alpha value is -2.14. The Morgan fingerprint density at radius 1 is 1.04 bits per heavy atom. The second-order valence-corrected chi connectivity index (χ2v) is 6.85. The Balaban J connectivity index is 1.87. The van der Waals surface area contributed by atoms with Gasteiger partial charge in [0.25, 0.3) is 5.91 Å². The van der Waals surface area contributed by atoms with Crippen LogP contribution >= 0.6 is 15.9 Å². The summed E-state index contributed by atoms with van der Waals surface area (Å²) in [5, 5.41) is 2.82. The number of benzene rings is 2. The fraction of sp³-hybridized carbons (Fsp3) is 0.222. The van der Waals surface area contributed by atoms with E-state index in [2.05, 4.69) is 21.2 Å². The van der Waals surface area contributed by atoms with E-state index in [-0.39, 0.29) is 18.5 Å². The number of carbonyl (C=O) groups is 2. The van der Waals surface area contributed by atoms with Crippen molar-refractivity contribution in [3.63, 3.8) is 0 Å². The van der Waals surface area contributed by atoms with Gasteiger partial charge in [0.15, 0.2) is 0 Å². The number of halogens is 1. The highest BCUT2D eigenvalue weighted by Crippen LogP contribution is 2.30. The minimum absolute atomic E-state index is 0.231. The van der Waals surface area contributed by atoms with E-state index in [0.717, 1.165) is 21.2 Å². The molecule has 1 aliphatic heterocycles. The first-order valence-corrected chi connectivity index (χ1v) is 8.15. The molecule has 0 unspecified atom stereocenters. The summed E-state index contributed by atoms with van der Waals surface area (Å²) in [4.78, 5) is 26.4. The molecule has 1 aliphatic rings. The Morgan fingerprint density at radius 3 is 2.26 bits per heavy atom. The molecule has 0 radical (unpaired) electrons. The van der Waals surface area contributed by atoms with Gasteiger partial charge in [-0.2, -0.15) is 0 Å². The summed E-state index contributed by atoms with van der Waals surface area (Å²) in [6.45, 7) is 4.02. The fourth-order valence-corrected chi connectivity index (χ4v) is 2.96. The second-order valence-electron chi connectivity index (χ2n) is 5.94. The predicted octanol–water partition coefficient (Wildman–Crippen LogP) is 3.72. The standard InChI is InChI=1S/C18H17BrN2O2/c1-12-3-5-13(6-4-12)11-21-16(22)18(2,20-17(21)23)14-7-9-15(19)10-8-14/h3-10H,11H2,1-2H3,(H,20,23)/t18-/m1/s1. The van der Waals surface area contributed by atoms with Crippen LogP contribution in [0.25, 0.3) is 0 Å². The minimum Gasteiger partial charge on any atom is -0.319 e. The van der Waals surface area contributed by atoms with Crippen molar-refractivity contribution in [3.05, 3.63) is 69.7 Å². The highest BCUT2D eigenvalue weighted by molar-refractivity contribution is 9.10. The number of urea groups is 1. The molecule has 1 fully saturated rings. The Bertz CT molecular complexity index is 756. The first-order valence-electron chi connectivity index (χ1n) is 7.36. The number of carbonyl (C=O) groups excluding carboxylic acids is 2. The molecular weight excluding hydrogens is 356 g/mol. The lowest BCUT2D eigenvalue weighted by atomic mass is 9.92. The van der Waals surface area contributed by atoms with Gasteiger partial charge in [0.2, 0.25) is 0 Å². The third-order valence-electron chi connectivity index (χ3n) is 4.16. The molecule has 4 nitrogen and oxygen atoms in total. The molecule has 118 valence electrons. The molecule has 1 atom stereocenters. The van der Waals surface area contributed by atoms with Gasteiger partial charge < -0.3 is 5.32 Å². The molecule has 3 rings (SSSR count). The number of hydrogen-bond donors (Lipinski definition) is 1. The van der Waals surface area contributed by atoms with Crippen molar-refractivity contribution in [2.45, 2.75) is 25.9 Å². The number of nitrogens with one attached hydrogen (secondary N) is 1. The summed E-state index contributed by atoms with van der Waals surface area (Å²) in [6, 6.07) is 14.9. The molecule has 3 amide bonds. The molecule has 5 heteroatoms. The molecule has 0 aliphatic carbocycles. The molecule has 2 aromatic carbocycles. The quantitative estimate of drug-likeness (QED) is 0.834. The van der Waals surface area contributed by atoms with E-state index < -0.39 is 5.54 Å². The maximum Gasteiger partial charge on any atom is 0.325 e. The zero-order valence-electron chi connectivity index (χ0n) is 13.0. The summed E-state index contributed by atoms with van der Waals surface area (Å²) in [6.07, 6.45) is 0. The van der Waals surface area contributed by atoms with E-state index in [1.54, 1.807) is 6.92 Å². The SMILES string of the molecule is Cc1ccc(CN2C(=O)N[C@](C)(c3ccc(Br)cc3)C2=O)cc1. The average molecular weight is 373 g/mol. The molecule has 1 saturated heterocycles. The number of imide groups is 1. The lowest BCUT2D eigenvalue weighted by Gasteiger charge is -2.22. The van der Waals surface area contributed by atoms with Crippen LogP contribution in [0.3, 0.4) is 0 Å². The number of hydrogen-bond acceptors (Lipinski definition) is 2. The normalized spacial score (nSPS) is 20.7. The molecule has 2 aromatic rings. The molecule has 0 spiro atoms. The van der Waals surface area contributed by atoms with E-state index in [0.29, 0.717) is 0 Å². The summed E-state index contributed by atoms with van der Waals surface area (Å²) >= 11 is 3.38. The van der Waals surface area contributed by atoms with Crippen LogP contribution < -0.4 is 5.32 Å². The molecule has 1 N–H and O–H groups in total. The summed E-state index contributed by atoms with van der Waals surface area (Å²) < 4.78 is 0.929. The molecule has 0 bridgehead atoms. The smallest absolute Gasteiger partial charge is 0.319 e. The van der Waals surface area contributed by atoms with Crippen LogP contribution in [0.15, 0.2) is 53.0 Å². The first-order chi connectivity index (χ1) is 10.9. The summed E-state index contributed by atoms with van der Waals surface area (Å²) in [5.41, 5.74) is 1.82. The third kappa shape index (κ3) is 2.88.